The summed E-state index contributed by atoms with van der Waals surface area (Å²) in [7, 11) is 0. The quantitative estimate of drug-likeness (QED) is 0.540. The number of nitrogens with two attached hydrogens (primary N) is 1. The van der Waals surface area contributed by atoms with E-state index in [1.165, 1.54) is 32.4 Å². The molecule has 0 aliphatic carbocycles. The zero-order chi connectivity index (χ0) is 11.3. The number of amidine groups is 1. The third kappa shape index (κ3) is 3.82. The summed E-state index contributed by atoms with van der Waals surface area (Å²) < 4.78 is 0. The summed E-state index contributed by atoms with van der Waals surface area (Å²) in [5.74, 6) is 1.51. The Morgan fingerprint density at radius 3 is 2.67 bits per heavy atom. The molecule has 0 aromatic carbocycles. The summed E-state index contributed by atoms with van der Waals surface area (Å²) in [5, 5.41) is 7.50. The highest BCUT2D eigenvalue weighted by Gasteiger charge is 2.22. The van der Waals surface area contributed by atoms with Gasteiger partial charge >= 0.3 is 0 Å². The first-order valence-corrected chi connectivity index (χ1v) is 6.23. The topological polar surface area (TPSA) is 53.1 Å². The second kappa shape index (κ2) is 6.11. The van der Waals surface area contributed by atoms with Crippen LogP contribution >= 0.6 is 0 Å². The molecule has 15 heavy (non-hydrogen) atoms. The predicted molar refractivity (Wildman–Crippen MR) is 65.2 cm³/mol. The Balaban J connectivity index is 2.38. The summed E-state index contributed by atoms with van der Waals surface area (Å²) in [4.78, 5) is 2.49. The van der Waals surface area contributed by atoms with E-state index in [4.69, 9.17) is 11.1 Å². The first-order chi connectivity index (χ1) is 7.17. The normalized spacial score (nSPS) is 23.3. The van der Waals surface area contributed by atoms with Gasteiger partial charge in [0.1, 0.15) is 0 Å². The average molecular weight is 211 g/mol. The van der Waals surface area contributed by atoms with Gasteiger partial charge in [-0.25, -0.2) is 0 Å². The van der Waals surface area contributed by atoms with Crippen molar-refractivity contribution in [1.82, 2.24) is 4.90 Å². The Kier molecular flexibility index (Phi) is 5.09. The van der Waals surface area contributed by atoms with E-state index in [9.17, 15) is 0 Å². The molecule has 0 saturated carbocycles. The molecule has 1 unspecified atom stereocenters. The van der Waals surface area contributed by atoms with Crippen molar-refractivity contribution in [1.29, 1.82) is 5.41 Å². The smallest absolute Gasteiger partial charge is 0.0949 e. The molecular formula is C12H25N3. The molecule has 1 rings (SSSR count). The minimum atomic E-state index is 0.313. The van der Waals surface area contributed by atoms with Crippen molar-refractivity contribution in [3.8, 4) is 0 Å². The SMILES string of the molecule is CCC(CC)CN1CCCC(C(=N)N)C1. The van der Waals surface area contributed by atoms with Crippen LogP contribution in [0.3, 0.4) is 0 Å². The monoisotopic (exact) mass is 211 g/mol. The van der Waals surface area contributed by atoms with Gasteiger partial charge in [0.05, 0.1) is 5.84 Å². The van der Waals surface area contributed by atoms with E-state index in [1.54, 1.807) is 0 Å². The van der Waals surface area contributed by atoms with Crippen LogP contribution in [0, 0.1) is 17.2 Å². The van der Waals surface area contributed by atoms with Gasteiger partial charge in [-0.1, -0.05) is 26.7 Å². The highest BCUT2D eigenvalue weighted by molar-refractivity contribution is 5.79. The molecule has 0 radical (unpaired) electrons. The molecule has 3 nitrogen and oxygen atoms in total. The lowest BCUT2D eigenvalue weighted by atomic mass is 9.95. The number of nitrogens with zero attached hydrogens (tertiary/aromatic N) is 1. The first-order valence-electron chi connectivity index (χ1n) is 6.23. The molecule has 1 atom stereocenters. The molecule has 1 aliphatic heterocycles. The van der Waals surface area contributed by atoms with Crippen molar-refractivity contribution >= 4 is 5.84 Å². The standard InChI is InChI=1S/C12H25N3/c1-3-10(4-2)8-15-7-5-6-11(9-15)12(13)14/h10-11H,3-9H2,1-2H3,(H3,13,14). The van der Waals surface area contributed by atoms with Crippen molar-refractivity contribution in [3.63, 3.8) is 0 Å². The van der Waals surface area contributed by atoms with E-state index >= 15 is 0 Å². The van der Waals surface area contributed by atoms with Gasteiger partial charge in [0, 0.05) is 19.0 Å². The highest BCUT2D eigenvalue weighted by atomic mass is 15.1. The van der Waals surface area contributed by atoms with Crippen LogP contribution in [0.15, 0.2) is 0 Å². The van der Waals surface area contributed by atoms with E-state index in [0.717, 1.165) is 18.9 Å². The minimum Gasteiger partial charge on any atom is -0.387 e. The van der Waals surface area contributed by atoms with Crippen LogP contribution in [0.5, 0.6) is 0 Å². The van der Waals surface area contributed by atoms with Crippen molar-refractivity contribution < 1.29 is 0 Å². The summed E-state index contributed by atoms with van der Waals surface area (Å²) in [6.07, 6.45) is 4.83. The summed E-state index contributed by atoms with van der Waals surface area (Å²) in [6, 6.07) is 0. The fourth-order valence-electron chi connectivity index (χ4n) is 2.39. The Morgan fingerprint density at radius 1 is 1.47 bits per heavy atom. The van der Waals surface area contributed by atoms with Crippen molar-refractivity contribution in [2.24, 2.45) is 17.6 Å². The van der Waals surface area contributed by atoms with E-state index < -0.39 is 0 Å². The number of likely N-dealkylation sites (tertiary alicyclic amines) is 1. The van der Waals surface area contributed by atoms with Crippen LogP contribution in [-0.4, -0.2) is 30.4 Å². The van der Waals surface area contributed by atoms with Crippen LogP contribution in [0.1, 0.15) is 39.5 Å². The van der Waals surface area contributed by atoms with E-state index in [1.807, 2.05) is 0 Å². The van der Waals surface area contributed by atoms with Crippen LogP contribution in [-0.2, 0) is 0 Å². The summed E-state index contributed by atoms with van der Waals surface area (Å²) in [6.45, 7) is 7.92. The molecule has 1 saturated heterocycles. The van der Waals surface area contributed by atoms with Crippen LogP contribution in [0.2, 0.25) is 0 Å². The highest BCUT2D eigenvalue weighted by Crippen LogP contribution is 2.19. The van der Waals surface area contributed by atoms with Gasteiger partial charge < -0.3 is 10.6 Å². The Morgan fingerprint density at radius 2 is 2.13 bits per heavy atom. The lowest BCUT2D eigenvalue weighted by Gasteiger charge is -2.34. The number of rotatable bonds is 5. The molecule has 88 valence electrons. The zero-order valence-corrected chi connectivity index (χ0v) is 10.1. The number of hydrogen-bond acceptors (Lipinski definition) is 2. The molecule has 3 N–H and O–H groups in total. The molecule has 1 heterocycles. The van der Waals surface area contributed by atoms with Gasteiger partial charge in [0.15, 0.2) is 0 Å². The van der Waals surface area contributed by atoms with E-state index in [2.05, 4.69) is 18.7 Å². The number of piperidine rings is 1. The Bertz CT molecular complexity index is 199. The van der Waals surface area contributed by atoms with Gasteiger partial charge in [0.2, 0.25) is 0 Å². The maximum atomic E-state index is 7.50. The molecule has 0 aromatic rings. The second-order valence-electron chi connectivity index (χ2n) is 4.74. The zero-order valence-electron chi connectivity index (χ0n) is 10.1. The fourth-order valence-corrected chi connectivity index (χ4v) is 2.39. The predicted octanol–water partition coefficient (Wildman–Crippen LogP) is 2.07. The van der Waals surface area contributed by atoms with Crippen LogP contribution < -0.4 is 5.73 Å². The summed E-state index contributed by atoms with van der Waals surface area (Å²) >= 11 is 0. The molecule has 0 amide bonds. The van der Waals surface area contributed by atoms with Crippen LogP contribution in [0.25, 0.3) is 0 Å². The number of hydrogen-bond donors (Lipinski definition) is 2. The van der Waals surface area contributed by atoms with Crippen molar-refractivity contribution in [2.75, 3.05) is 19.6 Å². The van der Waals surface area contributed by atoms with Gasteiger partial charge in [-0.3, -0.25) is 5.41 Å². The molecular weight excluding hydrogens is 186 g/mol. The fraction of sp³-hybridized carbons (Fsp3) is 0.917. The van der Waals surface area contributed by atoms with Gasteiger partial charge in [-0.05, 0) is 25.3 Å². The lowest BCUT2D eigenvalue weighted by molar-refractivity contribution is 0.171. The van der Waals surface area contributed by atoms with Gasteiger partial charge in [0.25, 0.3) is 0 Å². The maximum absolute atomic E-state index is 7.50. The third-order valence-corrected chi connectivity index (χ3v) is 3.62. The Hall–Kier alpha value is -0.570. The van der Waals surface area contributed by atoms with Crippen molar-refractivity contribution in [2.45, 2.75) is 39.5 Å². The van der Waals surface area contributed by atoms with E-state index in [-0.39, 0.29) is 0 Å². The molecule has 0 aromatic heterocycles. The number of nitrogens with one attached hydrogen (secondary N) is 1. The van der Waals surface area contributed by atoms with Gasteiger partial charge in [-0.2, -0.15) is 0 Å². The molecule has 0 bridgehead atoms. The molecule has 3 heteroatoms. The molecule has 1 fully saturated rings. The maximum Gasteiger partial charge on any atom is 0.0949 e. The minimum absolute atomic E-state index is 0.313. The molecule has 0 spiro atoms. The average Bonchev–Trinajstić information content (AvgIpc) is 2.26. The lowest BCUT2D eigenvalue weighted by Crippen LogP contribution is -2.42. The largest absolute Gasteiger partial charge is 0.387 e. The Labute approximate surface area is 93.5 Å². The molecule has 1 aliphatic rings. The van der Waals surface area contributed by atoms with Gasteiger partial charge in [-0.15, -0.1) is 0 Å². The first kappa shape index (κ1) is 12.5. The summed E-state index contributed by atoms with van der Waals surface area (Å²) in [5.41, 5.74) is 5.58. The van der Waals surface area contributed by atoms with E-state index in [0.29, 0.717) is 11.8 Å². The second-order valence-corrected chi connectivity index (χ2v) is 4.74. The van der Waals surface area contributed by atoms with Crippen molar-refractivity contribution in [3.05, 3.63) is 0 Å². The van der Waals surface area contributed by atoms with Crippen LogP contribution in [0.4, 0.5) is 0 Å². The third-order valence-electron chi connectivity index (χ3n) is 3.62.